The average molecular weight is 321 g/mol. The van der Waals surface area contributed by atoms with Gasteiger partial charge in [0.25, 0.3) is 0 Å². The van der Waals surface area contributed by atoms with Gasteiger partial charge in [-0.3, -0.25) is 0 Å². The first-order valence-electron chi connectivity index (χ1n) is 6.49. The third-order valence-electron chi connectivity index (χ3n) is 3.40. The molecule has 0 aliphatic rings. The van der Waals surface area contributed by atoms with E-state index < -0.39 is 5.97 Å². The Morgan fingerprint density at radius 2 is 2.19 bits per heavy atom. The monoisotopic (exact) mass is 320 g/mol. The molecule has 3 rings (SSSR count). The molecule has 3 aromatic rings. The van der Waals surface area contributed by atoms with Crippen LogP contribution in [-0.2, 0) is 13.0 Å². The molecule has 0 aliphatic heterocycles. The Balaban J connectivity index is 1.94. The highest BCUT2D eigenvalue weighted by atomic mass is 35.5. The van der Waals surface area contributed by atoms with Crippen LogP contribution in [-0.4, -0.2) is 20.6 Å². The Labute approximate surface area is 130 Å². The van der Waals surface area contributed by atoms with Crippen molar-refractivity contribution >= 4 is 39.9 Å². The second kappa shape index (κ2) is 5.50. The quantitative estimate of drug-likeness (QED) is 0.790. The summed E-state index contributed by atoms with van der Waals surface area (Å²) in [5.41, 5.74) is 1.96. The van der Waals surface area contributed by atoms with E-state index in [4.69, 9.17) is 16.7 Å². The number of nitrogens with zero attached hydrogens (tertiary/aromatic N) is 2. The van der Waals surface area contributed by atoms with Gasteiger partial charge in [-0.25, -0.2) is 9.78 Å². The van der Waals surface area contributed by atoms with Crippen molar-refractivity contribution < 1.29 is 9.90 Å². The maximum Gasteiger partial charge on any atom is 0.335 e. The third-order valence-corrected chi connectivity index (χ3v) is 4.69. The summed E-state index contributed by atoms with van der Waals surface area (Å²) in [5, 5.41) is 9.11. The van der Waals surface area contributed by atoms with E-state index in [1.165, 1.54) is 4.88 Å². The maximum atomic E-state index is 11.1. The van der Waals surface area contributed by atoms with Crippen LogP contribution in [0, 0.1) is 6.92 Å². The van der Waals surface area contributed by atoms with Gasteiger partial charge in [0.1, 0.15) is 5.82 Å². The van der Waals surface area contributed by atoms with Crippen molar-refractivity contribution in [3.8, 4) is 0 Å². The lowest BCUT2D eigenvalue weighted by atomic mass is 10.2. The molecule has 0 spiro atoms. The molecule has 108 valence electrons. The zero-order valence-electron chi connectivity index (χ0n) is 11.3. The highest BCUT2D eigenvalue weighted by Gasteiger charge is 2.11. The second-order valence-electron chi connectivity index (χ2n) is 4.78. The number of fused-ring (bicyclic) bond motifs is 1. The Morgan fingerprint density at radius 1 is 1.38 bits per heavy atom. The number of aromatic nitrogens is 2. The average Bonchev–Trinajstić information content (AvgIpc) is 2.98. The molecule has 4 nitrogen and oxygen atoms in total. The number of benzene rings is 1. The molecule has 0 bridgehead atoms. The van der Waals surface area contributed by atoms with Crippen molar-refractivity contribution in [2.45, 2.75) is 19.9 Å². The molecule has 0 radical (unpaired) electrons. The van der Waals surface area contributed by atoms with Gasteiger partial charge in [-0.1, -0.05) is 11.6 Å². The first-order valence-corrected chi connectivity index (χ1v) is 7.68. The molecule has 1 N–H and O–H groups in total. The normalized spacial score (nSPS) is 11.1. The first kappa shape index (κ1) is 14.1. The van der Waals surface area contributed by atoms with Gasteiger partial charge < -0.3 is 9.67 Å². The molecule has 0 unspecified atom stereocenters. The van der Waals surface area contributed by atoms with Gasteiger partial charge in [0.05, 0.1) is 20.9 Å². The van der Waals surface area contributed by atoms with Crippen molar-refractivity contribution in [3.05, 3.63) is 50.9 Å². The topological polar surface area (TPSA) is 55.1 Å². The number of carbonyl (C=O) groups is 1. The minimum absolute atomic E-state index is 0.280. The Morgan fingerprint density at radius 3 is 2.86 bits per heavy atom. The molecule has 0 fully saturated rings. The van der Waals surface area contributed by atoms with Crippen LogP contribution >= 0.6 is 22.9 Å². The number of halogens is 1. The predicted molar refractivity (Wildman–Crippen MR) is 84.5 cm³/mol. The number of imidazole rings is 1. The number of hydrogen-bond acceptors (Lipinski definition) is 3. The van der Waals surface area contributed by atoms with Gasteiger partial charge in [0.2, 0.25) is 0 Å². The van der Waals surface area contributed by atoms with E-state index in [2.05, 4.69) is 9.55 Å². The van der Waals surface area contributed by atoms with Gasteiger partial charge >= 0.3 is 5.97 Å². The fourth-order valence-corrected chi connectivity index (χ4v) is 3.44. The summed E-state index contributed by atoms with van der Waals surface area (Å²) >= 11 is 7.50. The lowest BCUT2D eigenvalue weighted by Gasteiger charge is -2.06. The maximum absolute atomic E-state index is 11.1. The zero-order chi connectivity index (χ0) is 15.0. The molecule has 0 saturated heterocycles. The number of hydrogen-bond donors (Lipinski definition) is 1. The van der Waals surface area contributed by atoms with Crippen molar-refractivity contribution in [2.24, 2.45) is 0 Å². The summed E-state index contributed by atoms with van der Waals surface area (Å²) < 4.78 is 2.83. The van der Waals surface area contributed by atoms with Gasteiger partial charge in [0, 0.05) is 11.4 Å². The van der Waals surface area contributed by atoms with Crippen molar-refractivity contribution in [1.82, 2.24) is 9.55 Å². The largest absolute Gasteiger partial charge is 0.478 e. The van der Waals surface area contributed by atoms with Crippen LogP contribution < -0.4 is 0 Å². The highest BCUT2D eigenvalue weighted by Crippen LogP contribution is 2.23. The van der Waals surface area contributed by atoms with E-state index in [0.29, 0.717) is 0 Å². The van der Waals surface area contributed by atoms with Crippen LogP contribution in [0.4, 0.5) is 0 Å². The van der Waals surface area contributed by atoms with E-state index in [1.54, 1.807) is 29.5 Å². The van der Waals surface area contributed by atoms with Crippen LogP contribution in [0.5, 0.6) is 0 Å². The Kier molecular flexibility index (Phi) is 3.69. The summed E-state index contributed by atoms with van der Waals surface area (Å²) in [4.78, 5) is 16.8. The second-order valence-corrected chi connectivity index (χ2v) is 6.57. The van der Waals surface area contributed by atoms with E-state index in [1.807, 2.05) is 19.1 Å². The molecule has 2 heterocycles. The number of carboxylic acids is 1. The van der Waals surface area contributed by atoms with Crippen LogP contribution in [0.25, 0.3) is 11.0 Å². The summed E-state index contributed by atoms with van der Waals surface area (Å²) in [6.07, 6.45) is 0.848. The van der Waals surface area contributed by atoms with Gasteiger partial charge in [-0.2, -0.15) is 0 Å². The highest BCUT2D eigenvalue weighted by molar-refractivity contribution is 7.16. The number of thiophene rings is 1. The summed E-state index contributed by atoms with van der Waals surface area (Å²) in [7, 11) is 0. The fraction of sp³-hybridized carbons (Fsp3) is 0.200. The predicted octanol–water partition coefficient (Wildman–Crippen LogP) is 4.00. The summed E-state index contributed by atoms with van der Waals surface area (Å²) in [5.74, 6) is -0.0393. The zero-order valence-corrected chi connectivity index (χ0v) is 12.9. The Hall–Kier alpha value is -1.85. The molecule has 2 aromatic heterocycles. The van der Waals surface area contributed by atoms with E-state index >= 15 is 0 Å². The smallest absolute Gasteiger partial charge is 0.335 e. The van der Waals surface area contributed by atoms with E-state index in [-0.39, 0.29) is 5.56 Å². The lowest BCUT2D eigenvalue weighted by Crippen LogP contribution is -2.03. The molecule has 0 saturated carbocycles. The van der Waals surface area contributed by atoms with E-state index in [0.717, 1.165) is 34.2 Å². The summed E-state index contributed by atoms with van der Waals surface area (Å²) in [6.45, 7) is 2.68. The minimum atomic E-state index is -0.924. The number of rotatable bonds is 4. The first-order chi connectivity index (χ1) is 10.0. The molecule has 21 heavy (non-hydrogen) atoms. The fourth-order valence-electron chi connectivity index (χ4n) is 2.37. The third kappa shape index (κ3) is 2.80. The molecular formula is C15H13ClN2O2S. The molecule has 0 atom stereocenters. The molecule has 6 heteroatoms. The minimum Gasteiger partial charge on any atom is -0.478 e. The van der Waals surface area contributed by atoms with Crippen molar-refractivity contribution in [3.63, 3.8) is 0 Å². The number of aryl methyl sites for hydroxylation is 3. The van der Waals surface area contributed by atoms with E-state index in [9.17, 15) is 4.79 Å². The number of carboxylic acid groups (broad SMARTS) is 1. The van der Waals surface area contributed by atoms with Gasteiger partial charge in [-0.05, 0) is 43.7 Å². The number of aromatic carboxylic acids is 1. The molecule has 0 amide bonds. The van der Waals surface area contributed by atoms with Crippen LogP contribution in [0.3, 0.4) is 0 Å². The van der Waals surface area contributed by atoms with Crippen LogP contribution in [0.2, 0.25) is 4.34 Å². The lowest BCUT2D eigenvalue weighted by molar-refractivity contribution is 0.0697. The molecular weight excluding hydrogens is 308 g/mol. The van der Waals surface area contributed by atoms with Crippen molar-refractivity contribution in [2.75, 3.05) is 0 Å². The van der Waals surface area contributed by atoms with Crippen LogP contribution in [0.1, 0.15) is 21.1 Å². The molecule has 0 aliphatic carbocycles. The SMILES string of the molecule is Cc1nc2ccc(C(=O)O)cc2n1CCc1ccc(Cl)s1. The van der Waals surface area contributed by atoms with Crippen molar-refractivity contribution in [1.29, 1.82) is 0 Å². The van der Waals surface area contributed by atoms with Gasteiger partial charge in [-0.15, -0.1) is 11.3 Å². The van der Waals surface area contributed by atoms with Gasteiger partial charge in [0.15, 0.2) is 0 Å². The standard InChI is InChI=1S/C15H13ClN2O2S/c1-9-17-12-4-2-10(15(19)20)8-13(12)18(9)7-6-11-3-5-14(16)21-11/h2-5,8H,6-7H2,1H3,(H,19,20). The Bertz CT molecular complexity index is 822. The summed E-state index contributed by atoms with van der Waals surface area (Å²) in [6, 6.07) is 8.93. The molecule has 1 aromatic carbocycles. The van der Waals surface area contributed by atoms with Crippen LogP contribution in [0.15, 0.2) is 30.3 Å².